The van der Waals surface area contributed by atoms with Crippen molar-refractivity contribution < 1.29 is 19.2 Å². The third-order valence-electron chi connectivity index (χ3n) is 7.29. The quantitative estimate of drug-likeness (QED) is 0.297. The maximum atomic E-state index is 13.4. The summed E-state index contributed by atoms with van der Waals surface area (Å²) >= 11 is 0. The number of amides is 8. The van der Waals surface area contributed by atoms with Gasteiger partial charge in [-0.1, -0.05) is 0 Å². The molecule has 0 spiro atoms. The lowest BCUT2D eigenvalue weighted by Gasteiger charge is -2.41. The summed E-state index contributed by atoms with van der Waals surface area (Å²) < 4.78 is 0. The molecule has 4 N–H and O–H groups in total. The Morgan fingerprint density at radius 2 is 0.688 bits per heavy atom. The molecule has 0 aromatic heterocycles. The van der Waals surface area contributed by atoms with Gasteiger partial charge >= 0.3 is 24.1 Å². The highest BCUT2D eigenvalue weighted by atomic mass is 16.2. The summed E-state index contributed by atoms with van der Waals surface area (Å²) in [6.07, 6.45) is -2.20. The molecule has 7 rings (SSSR count). The third kappa shape index (κ3) is 2.09. The number of carbonyl (C=O) groups is 4. The van der Waals surface area contributed by atoms with Crippen molar-refractivity contribution in [2.45, 2.75) is 24.7 Å². The number of nitrogens with one attached hydrogen (secondary N) is 4. The van der Waals surface area contributed by atoms with E-state index in [2.05, 4.69) is 21.3 Å². The SMILES string of the molecule is O=C1N2CNCNCN3C(=O)N4CN5C(=O)N6CNCNCN7C(=O)N(CN1C4C23)C5C76. The maximum absolute atomic E-state index is 13.4. The van der Waals surface area contributed by atoms with E-state index in [1.54, 1.807) is 39.2 Å². The normalized spacial score (nSPS) is 36.2. The zero-order valence-corrected chi connectivity index (χ0v) is 17.2. The fourth-order valence-electron chi connectivity index (χ4n) is 5.96. The molecule has 7 aliphatic heterocycles. The van der Waals surface area contributed by atoms with Crippen LogP contribution in [0.4, 0.5) is 19.2 Å². The Bertz CT molecular complexity index is 781. The molecule has 0 aromatic carbocycles. The number of nitrogens with zero attached hydrogens (tertiary/aromatic N) is 8. The van der Waals surface area contributed by atoms with Gasteiger partial charge in [-0.3, -0.25) is 60.5 Å². The van der Waals surface area contributed by atoms with Gasteiger partial charge in [-0.05, 0) is 0 Å². The fraction of sp³-hybridized carbons (Fsp3) is 0.750. The van der Waals surface area contributed by atoms with E-state index in [-0.39, 0.29) is 64.1 Å². The van der Waals surface area contributed by atoms with Gasteiger partial charge in [0.2, 0.25) is 0 Å². The molecule has 7 aliphatic rings. The Morgan fingerprint density at radius 1 is 0.438 bits per heavy atom. The van der Waals surface area contributed by atoms with E-state index < -0.39 is 24.7 Å². The van der Waals surface area contributed by atoms with Crippen LogP contribution in [0.1, 0.15) is 0 Å². The van der Waals surface area contributed by atoms with Crippen molar-refractivity contribution >= 4 is 24.1 Å². The van der Waals surface area contributed by atoms with Gasteiger partial charge in [-0.25, -0.2) is 19.2 Å². The molecule has 16 heteroatoms. The minimum absolute atomic E-state index is 0.00307. The summed E-state index contributed by atoms with van der Waals surface area (Å²) in [5.41, 5.74) is 0. The minimum Gasteiger partial charge on any atom is -0.287 e. The van der Waals surface area contributed by atoms with Crippen LogP contribution in [0.15, 0.2) is 0 Å². The number of urea groups is 4. The molecule has 0 unspecified atom stereocenters. The molecule has 16 nitrogen and oxygen atoms in total. The zero-order chi connectivity index (χ0) is 21.7. The Kier molecular flexibility index (Phi) is 3.61. The second kappa shape index (κ2) is 6.25. The molecule has 8 amide bonds. The first-order valence-electron chi connectivity index (χ1n) is 10.7. The molecule has 7 saturated heterocycles. The number of carbonyl (C=O) groups excluding carboxylic acids is 4. The monoisotopic (exact) mass is 448 g/mol. The first-order chi connectivity index (χ1) is 15.6. The van der Waals surface area contributed by atoms with Crippen LogP contribution in [0.3, 0.4) is 0 Å². The Balaban J connectivity index is 1.33. The predicted molar refractivity (Wildman–Crippen MR) is 103 cm³/mol. The second-order valence-electron chi connectivity index (χ2n) is 8.81. The topological polar surface area (TPSA) is 142 Å². The van der Waals surface area contributed by atoms with Gasteiger partial charge in [0.25, 0.3) is 0 Å². The van der Waals surface area contributed by atoms with Crippen LogP contribution >= 0.6 is 0 Å². The molecular weight excluding hydrogens is 424 g/mol. The predicted octanol–water partition coefficient (Wildman–Crippen LogP) is -3.70. The van der Waals surface area contributed by atoms with Crippen LogP contribution < -0.4 is 21.3 Å². The first kappa shape index (κ1) is 18.5. The molecule has 172 valence electrons. The fourth-order valence-corrected chi connectivity index (χ4v) is 5.96. The summed E-state index contributed by atoms with van der Waals surface area (Å²) in [6.45, 7) is 2.02. The molecular formula is C16H24N12O4. The number of hydrogen-bond donors (Lipinski definition) is 4. The van der Waals surface area contributed by atoms with Gasteiger partial charge in [0.05, 0.1) is 26.7 Å². The Labute approximate surface area is 182 Å². The van der Waals surface area contributed by atoms with Gasteiger partial charge in [0.15, 0.2) is 24.7 Å². The second-order valence-corrected chi connectivity index (χ2v) is 8.81. The average Bonchev–Trinajstić information content (AvgIpc) is 3.31. The minimum atomic E-state index is -0.594. The Morgan fingerprint density at radius 3 is 0.969 bits per heavy atom. The number of hydrogen-bond acceptors (Lipinski definition) is 8. The van der Waals surface area contributed by atoms with Gasteiger partial charge < -0.3 is 0 Å². The van der Waals surface area contributed by atoms with E-state index in [1.807, 2.05) is 0 Å². The molecule has 7 heterocycles. The van der Waals surface area contributed by atoms with Crippen molar-refractivity contribution in [2.75, 3.05) is 53.3 Å². The standard InChI is InChI=1S/C16H24N12O4/c29-13-21-3-17-1-18-4-22-9(21)11-25(13)7-27-12-10-23(15(27)31)5-19-2-20-6-24(10)16(32)28(12)8-26(11)14(22)30/h9-12,17-20H,1-8H2. The lowest BCUT2D eigenvalue weighted by atomic mass is 10.3. The molecule has 32 heavy (non-hydrogen) atoms. The molecule has 0 radical (unpaired) electrons. The Hall–Kier alpha value is -3.08. The van der Waals surface area contributed by atoms with Crippen molar-refractivity contribution in [3.63, 3.8) is 0 Å². The van der Waals surface area contributed by atoms with E-state index in [0.717, 1.165) is 0 Å². The van der Waals surface area contributed by atoms with Crippen molar-refractivity contribution in [1.82, 2.24) is 60.5 Å². The molecule has 0 aliphatic carbocycles. The average molecular weight is 448 g/mol. The van der Waals surface area contributed by atoms with Crippen LogP contribution in [0.25, 0.3) is 0 Å². The molecule has 0 saturated carbocycles. The third-order valence-corrected chi connectivity index (χ3v) is 7.29. The van der Waals surface area contributed by atoms with Crippen LogP contribution in [-0.2, 0) is 0 Å². The highest BCUT2D eigenvalue weighted by Gasteiger charge is 2.66. The largest absolute Gasteiger partial charge is 0.326 e. The van der Waals surface area contributed by atoms with Gasteiger partial charge in [-0.15, -0.1) is 0 Å². The van der Waals surface area contributed by atoms with Crippen molar-refractivity contribution in [2.24, 2.45) is 0 Å². The van der Waals surface area contributed by atoms with Gasteiger partial charge in [0, 0.05) is 13.3 Å². The first-order valence-corrected chi connectivity index (χ1v) is 10.7. The summed E-state index contributed by atoms with van der Waals surface area (Å²) in [5, 5.41) is 12.6. The van der Waals surface area contributed by atoms with Crippen molar-refractivity contribution in [3.8, 4) is 0 Å². The van der Waals surface area contributed by atoms with Crippen LogP contribution in [0.5, 0.6) is 0 Å². The lowest BCUT2D eigenvalue weighted by molar-refractivity contribution is -0.00280. The van der Waals surface area contributed by atoms with E-state index in [9.17, 15) is 19.2 Å². The highest BCUT2D eigenvalue weighted by Crippen LogP contribution is 2.41. The lowest BCUT2D eigenvalue weighted by Crippen LogP contribution is -2.62. The highest BCUT2D eigenvalue weighted by molar-refractivity contribution is 5.89. The van der Waals surface area contributed by atoms with Crippen LogP contribution in [0, 0.1) is 0 Å². The molecule has 7 fully saturated rings. The van der Waals surface area contributed by atoms with Gasteiger partial charge in [-0.2, -0.15) is 0 Å². The van der Waals surface area contributed by atoms with E-state index in [4.69, 9.17) is 0 Å². The molecule has 0 bridgehead atoms. The van der Waals surface area contributed by atoms with E-state index in [0.29, 0.717) is 13.3 Å². The smallest absolute Gasteiger partial charge is 0.287 e. The summed E-state index contributed by atoms with van der Waals surface area (Å²) in [5.74, 6) is 0. The maximum Gasteiger partial charge on any atom is 0.326 e. The van der Waals surface area contributed by atoms with Crippen molar-refractivity contribution in [1.29, 1.82) is 0 Å². The van der Waals surface area contributed by atoms with E-state index in [1.165, 1.54) is 0 Å². The van der Waals surface area contributed by atoms with Crippen LogP contribution in [-0.4, -0.2) is 141 Å². The molecule has 0 aromatic rings. The molecule has 0 atom stereocenters. The number of rotatable bonds is 0. The summed E-state index contributed by atoms with van der Waals surface area (Å²) in [6, 6.07) is -0.950. The van der Waals surface area contributed by atoms with Crippen molar-refractivity contribution in [3.05, 3.63) is 0 Å². The van der Waals surface area contributed by atoms with Crippen LogP contribution in [0.2, 0.25) is 0 Å². The van der Waals surface area contributed by atoms with E-state index >= 15 is 0 Å². The zero-order valence-electron chi connectivity index (χ0n) is 17.2. The summed E-state index contributed by atoms with van der Waals surface area (Å²) in [7, 11) is 0. The van der Waals surface area contributed by atoms with Gasteiger partial charge in [0.1, 0.15) is 13.3 Å². The summed E-state index contributed by atoms with van der Waals surface area (Å²) in [4.78, 5) is 66.5.